The fourth-order valence-corrected chi connectivity index (χ4v) is 7.51. The summed E-state index contributed by atoms with van der Waals surface area (Å²) >= 11 is 6.57. The highest BCUT2D eigenvalue weighted by Gasteiger charge is 2.28. The number of hydrogen-bond acceptors (Lipinski definition) is 5. The van der Waals surface area contributed by atoms with Crippen LogP contribution in [0.2, 0.25) is 5.02 Å². The molecule has 5 rings (SSSR count). The van der Waals surface area contributed by atoms with Crippen molar-refractivity contribution in [3.05, 3.63) is 101 Å². The first-order chi connectivity index (χ1) is 20.6. The fraction of sp³-hybridized carbons (Fsp3) is 0.273. The number of nitrogens with zero attached hydrogens (tertiary/aromatic N) is 4. The van der Waals surface area contributed by atoms with Crippen LogP contribution in [0.1, 0.15) is 30.8 Å². The van der Waals surface area contributed by atoms with E-state index in [-0.39, 0.29) is 17.3 Å². The molecule has 0 aliphatic heterocycles. The lowest BCUT2D eigenvalue weighted by molar-refractivity contribution is 0.313. The fourth-order valence-electron chi connectivity index (χ4n) is 5.48. The summed E-state index contributed by atoms with van der Waals surface area (Å²) < 4.78 is 32.4. The van der Waals surface area contributed by atoms with E-state index in [0.717, 1.165) is 47.3 Å². The van der Waals surface area contributed by atoms with Crippen molar-refractivity contribution in [2.75, 3.05) is 30.5 Å². The Bertz CT molecular complexity index is 1880. The van der Waals surface area contributed by atoms with Gasteiger partial charge in [-0.25, -0.2) is 13.4 Å². The van der Waals surface area contributed by atoms with Crippen LogP contribution in [0, 0.1) is 5.41 Å². The normalized spacial score (nSPS) is 11.9. The number of nitrogens with two attached hydrogens (primary N) is 1. The molecule has 1 aromatic heterocycles. The molecule has 1 heterocycles. The molecule has 0 amide bonds. The number of imidazole rings is 1. The van der Waals surface area contributed by atoms with Crippen molar-refractivity contribution in [3.8, 4) is 0 Å². The maximum Gasteiger partial charge on any atom is 0.265 e. The molecular weight excluding hydrogens is 580 g/mol. The van der Waals surface area contributed by atoms with Gasteiger partial charge in [-0.2, -0.15) is 0 Å². The van der Waals surface area contributed by atoms with E-state index >= 15 is 0 Å². The quantitative estimate of drug-likeness (QED) is 0.132. The standard InChI is InChI=1S/C33H37ClN6O2S/c1-4-39(5-2)20-21-40(43(41,42)30-11-7-9-24-8-6-10-27(34)32(24)30)26-17-18-29-28(22-26)37-31(38(29)3)19-14-23-12-15-25(16-13-23)33(35)36/h6-13,15-18,22H,4-5,14,19-21H2,1-3H3,(H3,35,36). The second-order valence-electron chi connectivity index (χ2n) is 10.6. The van der Waals surface area contributed by atoms with E-state index in [9.17, 15) is 8.42 Å². The molecule has 3 N–H and O–H groups in total. The number of sulfonamides is 1. The Labute approximate surface area is 258 Å². The first kappa shape index (κ1) is 30.5. The molecule has 0 aliphatic rings. The number of nitrogen functional groups attached to an aromatic ring is 1. The minimum Gasteiger partial charge on any atom is -0.384 e. The summed E-state index contributed by atoms with van der Waals surface area (Å²) in [6, 6.07) is 24.0. The predicted octanol–water partition coefficient (Wildman–Crippen LogP) is 5.99. The summed E-state index contributed by atoms with van der Waals surface area (Å²) in [7, 11) is -2.00. The molecule has 0 saturated heterocycles. The Morgan fingerprint density at radius 2 is 1.65 bits per heavy atom. The molecule has 0 unspecified atom stereocenters. The zero-order valence-electron chi connectivity index (χ0n) is 24.7. The molecule has 8 nitrogen and oxygen atoms in total. The zero-order chi connectivity index (χ0) is 30.7. The molecule has 5 aromatic rings. The van der Waals surface area contributed by atoms with Gasteiger partial charge in [-0.3, -0.25) is 9.71 Å². The minimum atomic E-state index is -3.98. The van der Waals surface area contributed by atoms with Crippen LogP contribution in [0.4, 0.5) is 5.69 Å². The highest BCUT2D eigenvalue weighted by molar-refractivity contribution is 7.93. The Hall–Kier alpha value is -3.92. The van der Waals surface area contributed by atoms with Gasteiger partial charge in [-0.1, -0.05) is 74.0 Å². The molecule has 0 spiro atoms. The predicted molar refractivity (Wildman–Crippen MR) is 177 cm³/mol. The molecular formula is C33H37ClN6O2S. The van der Waals surface area contributed by atoms with Gasteiger partial charge in [-0.15, -0.1) is 0 Å². The smallest absolute Gasteiger partial charge is 0.265 e. The third-order valence-electron chi connectivity index (χ3n) is 8.04. The van der Waals surface area contributed by atoms with Crippen LogP contribution >= 0.6 is 11.6 Å². The number of anilines is 1. The molecule has 0 saturated carbocycles. The topological polar surface area (TPSA) is 108 Å². The van der Waals surface area contributed by atoms with Crippen LogP contribution < -0.4 is 10.0 Å². The Morgan fingerprint density at radius 3 is 2.33 bits per heavy atom. The number of likely N-dealkylation sites (N-methyl/N-ethyl adjacent to an activating group) is 1. The van der Waals surface area contributed by atoms with Gasteiger partial charge in [0.05, 0.1) is 21.6 Å². The number of rotatable bonds is 12. The summed E-state index contributed by atoms with van der Waals surface area (Å²) in [4.78, 5) is 7.31. The largest absolute Gasteiger partial charge is 0.384 e. The molecule has 0 fully saturated rings. The van der Waals surface area contributed by atoms with Crippen LogP contribution in [0.3, 0.4) is 0 Å². The van der Waals surface area contributed by atoms with E-state index in [0.29, 0.717) is 34.6 Å². The van der Waals surface area contributed by atoms with Gasteiger partial charge in [0.2, 0.25) is 0 Å². The lowest BCUT2D eigenvalue weighted by atomic mass is 10.1. The van der Waals surface area contributed by atoms with Crippen molar-refractivity contribution in [2.24, 2.45) is 12.8 Å². The third-order valence-corrected chi connectivity index (χ3v) is 10.2. The molecule has 0 radical (unpaired) electrons. The van der Waals surface area contributed by atoms with Crippen molar-refractivity contribution in [3.63, 3.8) is 0 Å². The summed E-state index contributed by atoms with van der Waals surface area (Å²) in [5.41, 5.74) is 9.64. The highest BCUT2D eigenvalue weighted by atomic mass is 35.5. The second-order valence-corrected chi connectivity index (χ2v) is 12.8. The van der Waals surface area contributed by atoms with Gasteiger partial charge in [0.1, 0.15) is 11.7 Å². The number of halogens is 1. The monoisotopic (exact) mass is 616 g/mol. The number of hydrogen-bond donors (Lipinski definition) is 2. The first-order valence-electron chi connectivity index (χ1n) is 14.4. The van der Waals surface area contributed by atoms with Gasteiger partial charge in [-0.05, 0) is 60.8 Å². The Kier molecular flexibility index (Phi) is 9.05. The molecule has 0 bridgehead atoms. The maximum absolute atomic E-state index is 14.4. The van der Waals surface area contributed by atoms with E-state index in [2.05, 4.69) is 23.3 Å². The molecule has 10 heteroatoms. The van der Waals surface area contributed by atoms with Crippen LogP contribution in [0.5, 0.6) is 0 Å². The van der Waals surface area contributed by atoms with Crippen molar-refractivity contribution in [2.45, 2.75) is 31.6 Å². The highest BCUT2D eigenvalue weighted by Crippen LogP contribution is 2.34. The van der Waals surface area contributed by atoms with Crippen LogP contribution in [0.25, 0.3) is 21.8 Å². The van der Waals surface area contributed by atoms with E-state index in [1.165, 1.54) is 4.31 Å². The summed E-state index contributed by atoms with van der Waals surface area (Å²) in [5.74, 6) is 0.954. The summed E-state index contributed by atoms with van der Waals surface area (Å²) in [6.07, 6.45) is 1.48. The van der Waals surface area contributed by atoms with Crippen molar-refractivity contribution < 1.29 is 8.42 Å². The SMILES string of the molecule is CCN(CC)CCN(c1ccc2c(c1)nc(CCc1ccc(C(=N)N)cc1)n2C)S(=O)(=O)c1cccc2cccc(Cl)c12. The number of nitrogens with one attached hydrogen (secondary N) is 1. The van der Waals surface area contributed by atoms with E-state index in [4.69, 9.17) is 27.7 Å². The van der Waals surface area contributed by atoms with Gasteiger partial charge in [0.25, 0.3) is 10.0 Å². The molecule has 224 valence electrons. The van der Waals surface area contributed by atoms with Gasteiger partial charge >= 0.3 is 0 Å². The molecule has 43 heavy (non-hydrogen) atoms. The average molecular weight is 617 g/mol. The van der Waals surface area contributed by atoms with Crippen LogP contribution in [-0.4, -0.2) is 54.9 Å². The number of aryl methyl sites for hydroxylation is 3. The lowest BCUT2D eigenvalue weighted by Gasteiger charge is -2.28. The van der Waals surface area contributed by atoms with Crippen molar-refractivity contribution in [1.29, 1.82) is 5.41 Å². The second kappa shape index (κ2) is 12.8. The average Bonchev–Trinajstić information content (AvgIpc) is 3.32. The Morgan fingerprint density at radius 1 is 0.953 bits per heavy atom. The molecule has 4 aromatic carbocycles. The van der Waals surface area contributed by atoms with E-state index in [1.807, 2.05) is 67.7 Å². The van der Waals surface area contributed by atoms with E-state index in [1.54, 1.807) is 18.2 Å². The first-order valence-corrected chi connectivity index (χ1v) is 16.3. The van der Waals surface area contributed by atoms with Crippen LogP contribution in [-0.2, 0) is 29.9 Å². The van der Waals surface area contributed by atoms with E-state index < -0.39 is 10.0 Å². The Balaban J connectivity index is 1.51. The van der Waals surface area contributed by atoms with Gasteiger partial charge in [0.15, 0.2) is 0 Å². The maximum atomic E-state index is 14.4. The van der Waals surface area contributed by atoms with Crippen molar-refractivity contribution in [1.82, 2.24) is 14.5 Å². The number of aromatic nitrogens is 2. The number of amidine groups is 1. The minimum absolute atomic E-state index is 0.0504. The van der Waals surface area contributed by atoms with Crippen molar-refractivity contribution >= 4 is 55.0 Å². The number of fused-ring (bicyclic) bond motifs is 2. The van der Waals surface area contributed by atoms with Gasteiger partial charge in [0, 0.05) is 42.5 Å². The summed E-state index contributed by atoms with van der Waals surface area (Å²) in [5, 5.41) is 9.30. The molecule has 0 atom stereocenters. The lowest BCUT2D eigenvalue weighted by Crippen LogP contribution is -2.39. The molecule has 0 aliphatic carbocycles. The summed E-state index contributed by atoms with van der Waals surface area (Å²) in [6.45, 7) is 6.66. The number of benzene rings is 4. The zero-order valence-corrected chi connectivity index (χ0v) is 26.3. The third kappa shape index (κ3) is 6.25. The van der Waals surface area contributed by atoms with Gasteiger partial charge < -0.3 is 15.2 Å². The van der Waals surface area contributed by atoms with Crippen LogP contribution in [0.15, 0.2) is 83.8 Å².